The van der Waals surface area contributed by atoms with Crippen molar-refractivity contribution < 1.29 is 47.9 Å². The number of rotatable bonds is 2. The van der Waals surface area contributed by atoms with Crippen LogP contribution in [-0.2, 0) is 27.9 Å². The Hall–Kier alpha value is -2.44. The molecule has 3 nitrogen and oxygen atoms in total. The van der Waals surface area contributed by atoms with Gasteiger partial charge in [-0.1, -0.05) is 11.6 Å². The fourth-order valence-corrected chi connectivity index (χ4v) is 3.16. The molecule has 2 N–H and O–H groups in total. The van der Waals surface area contributed by atoms with Gasteiger partial charge >= 0.3 is 17.9 Å². The molecule has 0 saturated carbocycles. The topological polar surface area (TPSA) is 60.2 Å². The maximum absolute atomic E-state index is 12.4. The minimum absolute atomic E-state index is 0.0298. The first kappa shape index (κ1) is 26.6. The SMILES string of the molecule is Cc1cc(CS(=O)(=O)C(F)(F)F)cc(C(F)(F)F)c1.Cc1cc(N)cc(C(F)(F)F)c1. The Morgan fingerprint density at radius 1 is 0.710 bits per heavy atom. The Morgan fingerprint density at radius 3 is 1.52 bits per heavy atom. The average molecular weight is 481 g/mol. The monoisotopic (exact) mass is 481 g/mol. The summed E-state index contributed by atoms with van der Waals surface area (Å²) in [5, 5.41) is 0. The van der Waals surface area contributed by atoms with Crippen molar-refractivity contribution in [2.45, 2.75) is 37.5 Å². The van der Waals surface area contributed by atoms with Crippen LogP contribution in [0.1, 0.15) is 27.8 Å². The molecule has 31 heavy (non-hydrogen) atoms. The second kappa shape index (κ2) is 8.97. The van der Waals surface area contributed by atoms with Gasteiger partial charge in [-0.15, -0.1) is 0 Å². The van der Waals surface area contributed by atoms with E-state index < -0.39 is 50.1 Å². The number of sulfone groups is 1. The van der Waals surface area contributed by atoms with E-state index in [-0.39, 0.29) is 11.3 Å². The van der Waals surface area contributed by atoms with E-state index in [2.05, 4.69) is 0 Å². The third-order valence-corrected chi connectivity index (χ3v) is 5.02. The smallest absolute Gasteiger partial charge is 0.399 e. The van der Waals surface area contributed by atoms with Gasteiger partial charge in [0.2, 0.25) is 0 Å². The number of hydrogen-bond acceptors (Lipinski definition) is 3. The maximum Gasteiger partial charge on any atom is 0.497 e. The molecule has 0 heterocycles. The molecule has 0 saturated heterocycles. The summed E-state index contributed by atoms with van der Waals surface area (Å²) in [6, 6.07) is 5.58. The van der Waals surface area contributed by atoms with Crippen LogP contribution < -0.4 is 5.73 Å². The number of aryl methyl sites for hydroxylation is 2. The van der Waals surface area contributed by atoms with E-state index in [0.717, 1.165) is 24.3 Å². The van der Waals surface area contributed by atoms with Crippen LogP contribution in [-0.4, -0.2) is 13.9 Å². The molecular weight excluding hydrogens is 465 g/mol. The summed E-state index contributed by atoms with van der Waals surface area (Å²) in [6.45, 7) is 2.81. The Morgan fingerprint density at radius 2 is 1.13 bits per heavy atom. The first-order chi connectivity index (χ1) is 13.7. The molecule has 13 heteroatoms. The van der Waals surface area contributed by atoms with Crippen LogP contribution in [0.5, 0.6) is 0 Å². The molecule has 0 bridgehead atoms. The standard InChI is InChI=1S/C10H8F6O2S.C8H8F3N/c1-6-2-7(4-8(3-6)9(11,12)13)5-19(17,18)10(14,15)16;1-5-2-6(8(9,10)11)4-7(12)3-5/h2-4H,5H2,1H3;2-4H,12H2,1H3. The predicted octanol–water partition coefficient (Wildman–Crippen LogP) is 6.04. The Labute approximate surface area is 171 Å². The van der Waals surface area contributed by atoms with Crippen LogP contribution >= 0.6 is 0 Å². The molecule has 0 unspecified atom stereocenters. The highest BCUT2D eigenvalue weighted by atomic mass is 32.2. The van der Waals surface area contributed by atoms with Crippen molar-refractivity contribution in [2.75, 3.05) is 5.73 Å². The Balaban J connectivity index is 0.000000343. The van der Waals surface area contributed by atoms with Gasteiger partial charge in [-0.3, -0.25) is 0 Å². The van der Waals surface area contributed by atoms with Gasteiger partial charge in [0.05, 0.1) is 16.9 Å². The summed E-state index contributed by atoms with van der Waals surface area (Å²) in [5.74, 6) is -1.51. The minimum atomic E-state index is -5.50. The van der Waals surface area contributed by atoms with Gasteiger partial charge in [0.15, 0.2) is 0 Å². The van der Waals surface area contributed by atoms with Crippen molar-refractivity contribution in [1.29, 1.82) is 0 Å². The van der Waals surface area contributed by atoms with Crippen LogP contribution in [0.2, 0.25) is 0 Å². The minimum Gasteiger partial charge on any atom is -0.399 e. The molecule has 0 aliphatic heterocycles. The van der Waals surface area contributed by atoms with Gasteiger partial charge in [-0.2, -0.15) is 39.5 Å². The highest BCUT2D eigenvalue weighted by Crippen LogP contribution is 2.33. The number of hydrogen-bond donors (Lipinski definition) is 1. The van der Waals surface area contributed by atoms with E-state index in [1.54, 1.807) is 6.92 Å². The molecular formula is C18H16F9NO2S. The fourth-order valence-electron chi connectivity index (χ4n) is 2.39. The van der Waals surface area contributed by atoms with Gasteiger partial charge in [-0.25, -0.2) is 8.42 Å². The fraction of sp³-hybridized carbons (Fsp3) is 0.333. The zero-order chi connectivity index (χ0) is 24.4. The summed E-state index contributed by atoms with van der Waals surface area (Å²) >= 11 is 0. The molecule has 0 atom stereocenters. The summed E-state index contributed by atoms with van der Waals surface area (Å²) in [7, 11) is -5.50. The van der Waals surface area contributed by atoms with Crippen molar-refractivity contribution >= 4 is 15.5 Å². The van der Waals surface area contributed by atoms with E-state index in [4.69, 9.17) is 5.73 Å². The maximum atomic E-state index is 12.4. The van der Waals surface area contributed by atoms with Crippen LogP contribution in [0.15, 0.2) is 36.4 Å². The third kappa shape index (κ3) is 7.96. The lowest BCUT2D eigenvalue weighted by atomic mass is 10.1. The van der Waals surface area contributed by atoms with Crippen molar-refractivity contribution in [3.63, 3.8) is 0 Å². The molecule has 0 amide bonds. The molecule has 174 valence electrons. The number of nitrogen functional groups attached to an aromatic ring is 1. The largest absolute Gasteiger partial charge is 0.497 e. The van der Waals surface area contributed by atoms with E-state index >= 15 is 0 Å². The van der Waals surface area contributed by atoms with Gasteiger partial charge < -0.3 is 5.73 Å². The summed E-state index contributed by atoms with van der Waals surface area (Å²) in [5.41, 5.74) is -1.97. The van der Waals surface area contributed by atoms with E-state index in [0.29, 0.717) is 11.6 Å². The lowest BCUT2D eigenvalue weighted by Gasteiger charge is -2.12. The zero-order valence-electron chi connectivity index (χ0n) is 15.9. The average Bonchev–Trinajstić information content (AvgIpc) is 2.50. The van der Waals surface area contributed by atoms with Gasteiger partial charge in [-0.05, 0) is 55.3 Å². The lowest BCUT2D eigenvalue weighted by molar-refractivity contribution is -0.138. The number of nitrogens with two attached hydrogens (primary N) is 1. The van der Waals surface area contributed by atoms with Crippen LogP contribution in [0.4, 0.5) is 45.2 Å². The Bertz CT molecular complexity index is 1000. The number of alkyl halides is 9. The summed E-state index contributed by atoms with van der Waals surface area (Å²) in [6.07, 6.45) is -9.05. The molecule has 2 rings (SSSR count). The highest BCUT2D eigenvalue weighted by Gasteiger charge is 2.45. The first-order valence-corrected chi connectivity index (χ1v) is 9.79. The normalized spacial score (nSPS) is 12.9. The second-order valence-electron chi connectivity index (χ2n) is 6.54. The lowest BCUT2D eigenvalue weighted by Crippen LogP contribution is -2.25. The van der Waals surface area contributed by atoms with Gasteiger partial charge in [0.1, 0.15) is 0 Å². The van der Waals surface area contributed by atoms with Gasteiger partial charge in [0, 0.05) is 5.69 Å². The molecule has 0 radical (unpaired) electrons. The van der Waals surface area contributed by atoms with Crippen LogP contribution in [0, 0.1) is 13.8 Å². The molecule has 0 spiro atoms. The third-order valence-electron chi connectivity index (χ3n) is 3.60. The zero-order valence-corrected chi connectivity index (χ0v) is 16.7. The number of halogens is 9. The molecule has 0 aliphatic carbocycles. The molecule has 2 aromatic carbocycles. The van der Waals surface area contributed by atoms with Crippen molar-refractivity contribution in [1.82, 2.24) is 0 Å². The summed E-state index contributed by atoms with van der Waals surface area (Å²) in [4.78, 5) is 0. The summed E-state index contributed by atoms with van der Waals surface area (Å²) < 4.78 is 132. The van der Waals surface area contributed by atoms with Crippen LogP contribution in [0.25, 0.3) is 0 Å². The second-order valence-corrected chi connectivity index (χ2v) is 8.52. The van der Waals surface area contributed by atoms with E-state index in [1.165, 1.54) is 13.0 Å². The number of benzene rings is 2. The van der Waals surface area contributed by atoms with Gasteiger partial charge in [0.25, 0.3) is 9.84 Å². The number of anilines is 1. The van der Waals surface area contributed by atoms with E-state index in [1.807, 2.05) is 0 Å². The molecule has 0 fully saturated rings. The molecule has 0 aromatic heterocycles. The highest BCUT2D eigenvalue weighted by molar-refractivity contribution is 7.91. The van der Waals surface area contributed by atoms with Crippen molar-refractivity contribution in [3.05, 3.63) is 64.2 Å². The Kier molecular flexibility index (Phi) is 7.69. The van der Waals surface area contributed by atoms with Crippen LogP contribution in [0.3, 0.4) is 0 Å². The molecule has 0 aliphatic rings. The van der Waals surface area contributed by atoms with E-state index in [9.17, 15) is 47.9 Å². The van der Waals surface area contributed by atoms with Crippen molar-refractivity contribution in [3.8, 4) is 0 Å². The predicted molar refractivity (Wildman–Crippen MR) is 95.5 cm³/mol. The van der Waals surface area contributed by atoms with Crippen molar-refractivity contribution in [2.24, 2.45) is 0 Å². The quantitative estimate of drug-likeness (QED) is 0.420. The first-order valence-electron chi connectivity index (χ1n) is 8.13. The molecule has 2 aromatic rings.